The largest absolute Gasteiger partial charge is 0.382 e. The van der Waals surface area contributed by atoms with Crippen LogP contribution in [-0.4, -0.2) is 21.8 Å². The van der Waals surface area contributed by atoms with Crippen LogP contribution in [-0.2, 0) is 12.0 Å². The molecule has 1 atom stereocenters. The number of rotatable bonds is 1. The number of nitrogens with zero attached hydrogens (tertiary/aromatic N) is 1. The van der Waals surface area contributed by atoms with Crippen molar-refractivity contribution in [2.24, 2.45) is 11.1 Å². The smallest absolute Gasteiger partial charge is 0.124 e. The van der Waals surface area contributed by atoms with Gasteiger partial charge in [0.2, 0.25) is 0 Å². The summed E-state index contributed by atoms with van der Waals surface area (Å²) in [4.78, 5) is 0. The molecule has 0 radical (unpaired) electrons. The normalized spacial score (nSPS) is 33.0. The quantitative estimate of drug-likeness (QED) is 0.599. The van der Waals surface area contributed by atoms with E-state index >= 15 is 0 Å². The van der Waals surface area contributed by atoms with Crippen LogP contribution >= 0.6 is 0 Å². The molecule has 0 amide bonds. The van der Waals surface area contributed by atoms with Crippen LogP contribution < -0.4 is 5.73 Å². The fourth-order valence-electron chi connectivity index (χ4n) is 2.84. The van der Waals surface area contributed by atoms with Gasteiger partial charge in [-0.2, -0.15) is 5.10 Å². The predicted molar refractivity (Wildman–Crippen MR) is 51.5 cm³/mol. The summed E-state index contributed by atoms with van der Waals surface area (Å²) < 4.78 is 0. The van der Waals surface area contributed by atoms with Gasteiger partial charge in [-0.1, -0.05) is 0 Å². The van der Waals surface area contributed by atoms with Crippen molar-refractivity contribution >= 4 is 0 Å². The minimum atomic E-state index is -0.850. The number of fused-ring (bicyclic) bond motifs is 1. The number of hydrogen-bond donors (Lipinski definition) is 3. The lowest BCUT2D eigenvalue weighted by Crippen LogP contribution is -2.47. The van der Waals surface area contributed by atoms with Crippen LogP contribution in [0, 0.1) is 5.41 Å². The molecule has 1 saturated carbocycles. The van der Waals surface area contributed by atoms with Crippen LogP contribution in [0.5, 0.6) is 0 Å². The molecule has 1 spiro atoms. The minimum absolute atomic E-state index is 0.0568. The summed E-state index contributed by atoms with van der Waals surface area (Å²) in [5, 5.41) is 17.5. The second-order valence-corrected chi connectivity index (χ2v) is 4.61. The zero-order valence-electron chi connectivity index (χ0n) is 8.08. The molecule has 0 bridgehead atoms. The van der Waals surface area contributed by atoms with Crippen molar-refractivity contribution in [1.82, 2.24) is 10.2 Å². The van der Waals surface area contributed by atoms with E-state index < -0.39 is 5.60 Å². The molecule has 1 aromatic heterocycles. The molecule has 1 unspecified atom stereocenters. The highest BCUT2D eigenvalue weighted by molar-refractivity contribution is 5.33. The van der Waals surface area contributed by atoms with Gasteiger partial charge in [-0.15, -0.1) is 0 Å². The van der Waals surface area contributed by atoms with Crippen LogP contribution in [0.3, 0.4) is 0 Å². The number of hydrogen-bond acceptors (Lipinski definition) is 3. The zero-order chi connectivity index (χ0) is 9.81. The van der Waals surface area contributed by atoms with E-state index in [1.54, 1.807) is 0 Å². The highest BCUT2D eigenvalue weighted by atomic mass is 16.3. The molecule has 2 aliphatic rings. The molecule has 0 aliphatic heterocycles. The van der Waals surface area contributed by atoms with E-state index in [4.69, 9.17) is 5.73 Å². The van der Waals surface area contributed by atoms with Crippen molar-refractivity contribution in [3.63, 3.8) is 0 Å². The molecular weight excluding hydrogens is 178 g/mol. The Bertz CT molecular complexity index is 369. The summed E-state index contributed by atoms with van der Waals surface area (Å²) in [5.74, 6) is 0. The van der Waals surface area contributed by atoms with Crippen LogP contribution in [0.15, 0.2) is 6.20 Å². The van der Waals surface area contributed by atoms with Gasteiger partial charge in [0, 0.05) is 12.0 Å². The SMILES string of the molecule is NCC1(O)c2[nH]ncc2CCC12CC2. The third-order valence-electron chi connectivity index (χ3n) is 4.03. The van der Waals surface area contributed by atoms with E-state index in [9.17, 15) is 5.11 Å². The van der Waals surface area contributed by atoms with Crippen LogP contribution in [0.1, 0.15) is 30.5 Å². The van der Waals surface area contributed by atoms with Gasteiger partial charge in [0.1, 0.15) is 5.60 Å². The lowest BCUT2D eigenvalue weighted by atomic mass is 9.72. The second-order valence-electron chi connectivity index (χ2n) is 4.61. The Morgan fingerprint density at radius 3 is 2.93 bits per heavy atom. The Balaban J connectivity index is 2.15. The summed E-state index contributed by atoms with van der Waals surface area (Å²) in [7, 11) is 0. The number of nitrogens with two attached hydrogens (primary N) is 1. The Morgan fingerprint density at radius 2 is 2.29 bits per heavy atom. The standard InChI is InChI=1S/C10H15N3O/c11-6-10(14)8-7(5-12-13-8)1-2-9(10)3-4-9/h5,14H,1-4,6,11H2,(H,12,13). The maximum atomic E-state index is 10.6. The first-order chi connectivity index (χ1) is 6.72. The fourth-order valence-corrected chi connectivity index (χ4v) is 2.84. The molecule has 0 saturated heterocycles. The number of aliphatic hydroxyl groups is 1. The summed E-state index contributed by atoms with van der Waals surface area (Å²) in [6.45, 7) is 0.294. The lowest BCUT2D eigenvalue weighted by Gasteiger charge is -2.39. The van der Waals surface area contributed by atoms with Gasteiger partial charge >= 0.3 is 0 Å². The van der Waals surface area contributed by atoms with E-state index in [2.05, 4.69) is 10.2 Å². The van der Waals surface area contributed by atoms with E-state index in [0.717, 1.165) is 36.9 Å². The molecule has 3 rings (SSSR count). The first-order valence-corrected chi connectivity index (χ1v) is 5.17. The fraction of sp³-hybridized carbons (Fsp3) is 0.700. The first-order valence-electron chi connectivity index (χ1n) is 5.17. The molecule has 1 aromatic rings. The molecule has 2 aliphatic carbocycles. The average Bonchev–Trinajstić information content (AvgIpc) is 2.82. The van der Waals surface area contributed by atoms with Gasteiger partial charge in [-0.3, -0.25) is 5.10 Å². The number of aryl methyl sites for hydroxylation is 1. The maximum absolute atomic E-state index is 10.6. The van der Waals surface area contributed by atoms with Gasteiger partial charge < -0.3 is 10.8 Å². The van der Waals surface area contributed by atoms with Crippen molar-refractivity contribution in [3.8, 4) is 0 Å². The highest BCUT2D eigenvalue weighted by Crippen LogP contribution is 2.63. The maximum Gasteiger partial charge on any atom is 0.124 e. The molecule has 4 nitrogen and oxygen atoms in total. The van der Waals surface area contributed by atoms with Crippen molar-refractivity contribution < 1.29 is 5.11 Å². The van der Waals surface area contributed by atoms with Gasteiger partial charge in [0.05, 0.1) is 11.9 Å². The average molecular weight is 193 g/mol. The number of aromatic amines is 1. The minimum Gasteiger partial charge on any atom is -0.382 e. The molecule has 4 N–H and O–H groups in total. The Morgan fingerprint density at radius 1 is 1.50 bits per heavy atom. The third-order valence-corrected chi connectivity index (χ3v) is 4.03. The number of H-pyrrole nitrogens is 1. The highest BCUT2D eigenvalue weighted by Gasteiger charge is 2.61. The zero-order valence-corrected chi connectivity index (χ0v) is 8.08. The molecule has 0 aromatic carbocycles. The second kappa shape index (κ2) is 2.38. The van der Waals surface area contributed by atoms with Crippen molar-refractivity contribution in [1.29, 1.82) is 0 Å². The monoisotopic (exact) mass is 193 g/mol. The number of nitrogens with one attached hydrogen (secondary N) is 1. The van der Waals surface area contributed by atoms with E-state index in [1.807, 2.05) is 6.20 Å². The van der Waals surface area contributed by atoms with Crippen molar-refractivity contribution in [2.45, 2.75) is 31.3 Å². The molecular formula is C10H15N3O. The molecule has 76 valence electrons. The van der Waals surface area contributed by atoms with Crippen molar-refractivity contribution in [2.75, 3.05) is 6.54 Å². The van der Waals surface area contributed by atoms with Gasteiger partial charge in [-0.25, -0.2) is 0 Å². The Hall–Kier alpha value is -0.870. The molecule has 1 fully saturated rings. The molecule has 4 heteroatoms. The molecule has 1 heterocycles. The van der Waals surface area contributed by atoms with Gasteiger partial charge in [-0.05, 0) is 31.2 Å². The van der Waals surface area contributed by atoms with Gasteiger partial charge in [0.25, 0.3) is 0 Å². The first kappa shape index (κ1) is 8.44. The summed E-state index contributed by atoms with van der Waals surface area (Å²) in [6, 6.07) is 0. The van der Waals surface area contributed by atoms with Crippen LogP contribution in [0.4, 0.5) is 0 Å². The van der Waals surface area contributed by atoms with Crippen molar-refractivity contribution in [3.05, 3.63) is 17.5 Å². The van der Waals surface area contributed by atoms with E-state index in [0.29, 0.717) is 6.54 Å². The molecule has 14 heavy (non-hydrogen) atoms. The summed E-state index contributed by atoms with van der Waals surface area (Å²) in [6.07, 6.45) is 6.07. The van der Waals surface area contributed by atoms with Gasteiger partial charge in [0.15, 0.2) is 0 Å². The Kier molecular flexibility index (Phi) is 1.43. The number of aromatic nitrogens is 2. The Labute approximate surface area is 82.5 Å². The third kappa shape index (κ3) is 0.786. The lowest BCUT2D eigenvalue weighted by molar-refractivity contribution is -0.0457. The summed E-state index contributed by atoms with van der Waals surface area (Å²) in [5.41, 5.74) is 6.94. The van der Waals surface area contributed by atoms with E-state index in [-0.39, 0.29) is 5.41 Å². The van der Waals surface area contributed by atoms with Crippen LogP contribution in [0.25, 0.3) is 0 Å². The summed E-state index contributed by atoms with van der Waals surface area (Å²) >= 11 is 0. The van der Waals surface area contributed by atoms with E-state index in [1.165, 1.54) is 0 Å². The van der Waals surface area contributed by atoms with Crippen LogP contribution in [0.2, 0.25) is 0 Å². The topological polar surface area (TPSA) is 74.9 Å². The predicted octanol–water partition coefficient (Wildman–Crippen LogP) is 0.282.